The minimum atomic E-state index is 0.215. The van der Waals surface area contributed by atoms with Crippen LogP contribution in [0, 0.1) is 0 Å². The van der Waals surface area contributed by atoms with Crippen molar-refractivity contribution in [1.82, 2.24) is 14.8 Å². The van der Waals surface area contributed by atoms with E-state index in [1.165, 1.54) is 0 Å². The summed E-state index contributed by atoms with van der Waals surface area (Å²) < 4.78 is 5.69. The lowest BCUT2D eigenvalue weighted by molar-refractivity contribution is -0.132. The zero-order valence-corrected chi connectivity index (χ0v) is 13.7. The van der Waals surface area contributed by atoms with E-state index in [9.17, 15) is 4.79 Å². The van der Waals surface area contributed by atoms with Gasteiger partial charge in [-0.25, -0.2) is 0 Å². The third-order valence-electron chi connectivity index (χ3n) is 3.99. The van der Waals surface area contributed by atoms with Gasteiger partial charge in [0.25, 0.3) is 0 Å². The molecule has 1 aromatic heterocycles. The van der Waals surface area contributed by atoms with Crippen molar-refractivity contribution in [2.45, 2.75) is 31.8 Å². The van der Waals surface area contributed by atoms with Gasteiger partial charge in [0, 0.05) is 45.1 Å². The third-order valence-corrected chi connectivity index (χ3v) is 3.99. The summed E-state index contributed by atoms with van der Waals surface area (Å²) in [7, 11) is 4.07. The van der Waals surface area contributed by atoms with Gasteiger partial charge >= 0.3 is 0 Å². The van der Waals surface area contributed by atoms with E-state index >= 15 is 0 Å². The highest BCUT2D eigenvalue weighted by Gasteiger charge is 2.22. The second kappa shape index (κ2) is 8.86. The molecule has 1 unspecified atom stereocenters. The number of carbonyl (C=O) groups is 1. The first-order valence-electron chi connectivity index (χ1n) is 8.08. The van der Waals surface area contributed by atoms with Crippen LogP contribution in [-0.4, -0.2) is 67.1 Å². The van der Waals surface area contributed by atoms with Crippen molar-refractivity contribution < 1.29 is 9.53 Å². The Labute approximate surface area is 133 Å². The molecule has 5 heteroatoms. The molecule has 1 aromatic rings. The van der Waals surface area contributed by atoms with E-state index in [0.29, 0.717) is 6.42 Å². The van der Waals surface area contributed by atoms with Crippen LogP contribution < -0.4 is 0 Å². The van der Waals surface area contributed by atoms with Crippen molar-refractivity contribution in [3.05, 3.63) is 30.1 Å². The summed E-state index contributed by atoms with van der Waals surface area (Å²) in [5.41, 5.74) is 1.16. The molecule has 1 aliphatic heterocycles. The Morgan fingerprint density at radius 2 is 2.09 bits per heavy atom. The molecule has 0 spiro atoms. The molecule has 2 heterocycles. The zero-order chi connectivity index (χ0) is 15.8. The molecule has 122 valence electrons. The largest absolute Gasteiger partial charge is 0.376 e. The van der Waals surface area contributed by atoms with Crippen LogP contribution in [0.1, 0.15) is 24.8 Å². The number of carbonyl (C=O) groups excluding carboxylic acids is 1. The molecule has 0 radical (unpaired) electrons. The normalized spacial score (nSPS) is 17.9. The number of aryl methyl sites for hydroxylation is 1. The van der Waals surface area contributed by atoms with Gasteiger partial charge in [0.15, 0.2) is 0 Å². The average molecular weight is 305 g/mol. The van der Waals surface area contributed by atoms with Crippen LogP contribution in [0.2, 0.25) is 0 Å². The number of hydrogen-bond donors (Lipinski definition) is 0. The quantitative estimate of drug-likeness (QED) is 0.731. The van der Waals surface area contributed by atoms with Gasteiger partial charge in [0.05, 0.1) is 6.10 Å². The fourth-order valence-electron chi connectivity index (χ4n) is 2.63. The molecule has 5 nitrogen and oxygen atoms in total. The number of aromatic nitrogens is 1. The minimum absolute atomic E-state index is 0.215. The molecule has 22 heavy (non-hydrogen) atoms. The third kappa shape index (κ3) is 5.73. The Kier molecular flexibility index (Phi) is 6.80. The van der Waals surface area contributed by atoms with Gasteiger partial charge in [0.2, 0.25) is 5.91 Å². The lowest BCUT2D eigenvalue weighted by atomic mass is 10.1. The van der Waals surface area contributed by atoms with Gasteiger partial charge in [-0.15, -0.1) is 0 Å². The molecule has 0 N–H and O–H groups in total. The highest BCUT2D eigenvalue weighted by molar-refractivity contribution is 5.76. The number of likely N-dealkylation sites (N-methyl/N-ethyl adjacent to an activating group) is 1. The Bertz CT molecular complexity index is 444. The maximum Gasteiger partial charge on any atom is 0.223 e. The van der Waals surface area contributed by atoms with Gasteiger partial charge in [-0.1, -0.05) is 0 Å². The molecule has 0 saturated carbocycles. The van der Waals surface area contributed by atoms with Crippen molar-refractivity contribution in [3.8, 4) is 0 Å². The summed E-state index contributed by atoms with van der Waals surface area (Å²) in [5.74, 6) is 0.217. The summed E-state index contributed by atoms with van der Waals surface area (Å²) in [6, 6.07) is 3.94. The molecule has 0 bridgehead atoms. The van der Waals surface area contributed by atoms with E-state index in [2.05, 4.69) is 9.88 Å². The van der Waals surface area contributed by atoms with Gasteiger partial charge in [-0.05, 0) is 51.1 Å². The molecule has 2 rings (SSSR count). The Morgan fingerprint density at radius 3 is 2.73 bits per heavy atom. The Balaban J connectivity index is 1.86. The Morgan fingerprint density at radius 1 is 1.32 bits per heavy atom. The van der Waals surface area contributed by atoms with Gasteiger partial charge in [-0.2, -0.15) is 0 Å². The number of nitrogens with zero attached hydrogens (tertiary/aromatic N) is 3. The van der Waals surface area contributed by atoms with Gasteiger partial charge < -0.3 is 14.5 Å². The van der Waals surface area contributed by atoms with E-state index < -0.39 is 0 Å². The summed E-state index contributed by atoms with van der Waals surface area (Å²) in [6.45, 7) is 3.20. The molecule has 1 saturated heterocycles. The van der Waals surface area contributed by atoms with E-state index in [-0.39, 0.29) is 12.0 Å². The zero-order valence-electron chi connectivity index (χ0n) is 13.7. The predicted octanol–water partition coefficient (Wildman–Crippen LogP) is 1.58. The van der Waals surface area contributed by atoms with Gasteiger partial charge in [0.1, 0.15) is 0 Å². The van der Waals surface area contributed by atoms with Crippen LogP contribution in [0.25, 0.3) is 0 Å². The van der Waals surface area contributed by atoms with Crippen LogP contribution >= 0.6 is 0 Å². The van der Waals surface area contributed by atoms with Crippen LogP contribution in [0.15, 0.2) is 24.5 Å². The van der Waals surface area contributed by atoms with Crippen molar-refractivity contribution in [2.24, 2.45) is 0 Å². The number of ether oxygens (including phenoxy) is 1. The van der Waals surface area contributed by atoms with Gasteiger partial charge in [-0.3, -0.25) is 9.78 Å². The Hall–Kier alpha value is -1.46. The van der Waals surface area contributed by atoms with E-state index in [0.717, 1.165) is 51.1 Å². The second-order valence-corrected chi connectivity index (χ2v) is 6.13. The standard InChI is InChI=1S/C17H27N3O2/c1-19(2)11-12-20(14-16-4-3-13-22-16)17(21)6-5-15-7-9-18-10-8-15/h7-10,16H,3-6,11-14H2,1-2H3. The first kappa shape index (κ1) is 16.9. The van der Waals surface area contributed by atoms with E-state index in [1.54, 1.807) is 12.4 Å². The summed E-state index contributed by atoms with van der Waals surface area (Å²) >= 11 is 0. The SMILES string of the molecule is CN(C)CCN(CC1CCCO1)C(=O)CCc1ccncc1. The maximum absolute atomic E-state index is 12.6. The molecular formula is C17H27N3O2. The monoisotopic (exact) mass is 305 g/mol. The molecule has 0 aromatic carbocycles. The second-order valence-electron chi connectivity index (χ2n) is 6.13. The lowest BCUT2D eigenvalue weighted by Crippen LogP contribution is -2.41. The molecular weight excluding hydrogens is 278 g/mol. The first-order valence-corrected chi connectivity index (χ1v) is 8.08. The predicted molar refractivity (Wildman–Crippen MR) is 86.7 cm³/mol. The molecule has 1 amide bonds. The van der Waals surface area contributed by atoms with E-state index in [4.69, 9.17) is 4.74 Å². The van der Waals surface area contributed by atoms with E-state index in [1.807, 2.05) is 31.1 Å². The lowest BCUT2D eigenvalue weighted by Gasteiger charge is -2.27. The maximum atomic E-state index is 12.6. The highest BCUT2D eigenvalue weighted by atomic mass is 16.5. The summed E-state index contributed by atoms with van der Waals surface area (Å²) in [4.78, 5) is 20.6. The summed E-state index contributed by atoms with van der Waals surface area (Å²) in [6.07, 6.45) is 7.25. The average Bonchev–Trinajstić information content (AvgIpc) is 3.03. The van der Waals surface area contributed by atoms with Crippen LogP contribution in [0.4, 0.5) is 0 Å². The minimum Gasteiger partial charge on any atom is -0.376 e. The highest BCUT2D eigenvalue weighted by Crippen LogP contribution is 2.14. The number of pyridine rings is 1. The van der Waals surface area contributed by atoms with Crippen LogP contribution in [-0.2, 0) is 16.0 Å². The summed E-state index contributed by atoms with van der Waals surface area (Å²) in [5, 5.41) is 0. The van der Waals surface area contributed by atoms with Crippen molar-refractivity contribution in [3.63, 3.8) is 0 Å². The smallest absolute Gasteiger partial charge is 0.223 e. The van der Waals surface area contributed by atoms with Crippen molar-refractivity contribution in [1.29, 1.82) is 0 Å². The number of amides is 1. The topological polar surface area (TPSA) is 45.7 Å². The van der Waals surface area contributed by atoms with Crippen molar-refractivity contribution >= 4 is 5.91 Å². The van der Waals surface area contributed by atoms with Crippen LogP contribution in [0.5, 0.6) is 0 Å². The molecule has 1 aliphatic rings. The van der Waals surface area contributed by atoms with Crippen LogP contribution in [0.3, 0.4) is 0 Å². The first-order chi connectivity index (χ1) is 10.6. The van der Waals surface area contributed by atoms with Crippen molar-refractivity contribution in [2.75, 3.05) is 40.3 Å². The fraction of sp³-hybridized carbons (Fsp3) is 0.647. The molecule has 1 fully saturated rings. The molecule has 1 atom stereocenters. The molecule has 0 aliphatic carbocycles. The number of hydrogen-bond acceptors (Lipinski definition) is 4. The number of rotatable bonds is 8. The fourth-order valence-corrected chi connectivity index (χ4v) is 2.63.